The molecule has 0 spiro atoms. The number of pyridine rings is 2. The molecule has 50 heavy (non-hydrogen) atoms. The van der Waals surface area contributed by atoms with Crippen molar-refractivity contribution in [2.75, 3.05) is 0 Å². The van der Waals surface area contributed by atoms with Crippen molar-refractivity contribution in [3.63, 3.8) is 0 Å². The Morgan fingerprint density at radius 1 is 0.520 bits per heavy atom. The molecule has 0 N–H and O–H groups in total. The molecular formula is C46H45N3Pt. The van der Waals surface area contributed by atoms with Crippen molar-refractivity contribution in [1.29, 1.82) is 0 Å². The SMILES string of the molecule is CC(C)(C)c1ccc(-c2[c-]c(-c3cc(-c4cc(C(C)(C)C)cc(C(C)(C)C)c4)cc(-c4cccc5c4[n-]c4ccccc45)n3)ccc2)nc1.[Pt+2]. The van der Waals surface area contributed by atoms with Crippen molar-refractivity contribution < 1.29 is 21.1 Å². The summed E-state index contributed by atoms with van der Waals surface area (Å²) in [7, 11) is 0. The van der Waals surface area contributed by atoms with Crippen LogP contribution in [-0.4, -0.2) is 9.97 Å². The van der Waals surface area contributed by atoms with E-state index in [2.05, 4.69) is 165 Å². The quantitative estimate of drug-likeness (QED) is 0.166. The Labute approximate surface area is 311 Å². The van der Waals surface area contributed by atoms with Crippen LogP contribution in [0.15, 0.2) is 109 Å². The van der Waals surface area contributed by atoms with Gasteiger partial charge < -0.3 is 4.98 Å². The summed E-state index contributed by atoms with van der Waals surface area (Å²) in [5.41, 5.74) is 13.7. The van der Waals surface area contributed by atoms with Crippen LogP contribution in [0.25, 0.3) is 66.7 Å². The van der Waals surface area contributed by atoms with Gasteiger partial charge in [0.25, 0.3) is 0 Å². The van der Waals surface area contributed by atoms with Crippen molar-refractivity contribution in [2.45, 2.75) is 78.6 Å². The zero-order chi connectivity index (χ0) is 34.7. The van der Waals surface area contributed by atoms with Gasteiger partial charge in [0, 0.05) is 17.6 Å². The van der Waals surface area contributed by atoms with Gasteiger partial charge in [0.2, 0.25) is 0 Å². The van der Waals surface area contributed by atoms with Crippen LogP contribution in [0.5, 0.6) is 0 Å². The van der Waals surface area contributed by atoms with Crippen LogP contribution >= 0.6 is 0 Å². The molecule has 0 saturated heterocycles. The number of hydrogen-bond acceptors (Lipinski definition) is 2. The maximum absolute atomic E-state index is 5.35. The monoisotopic (exact) mass is 834 g/mol. The van der Waals surface area contributed by atoms with E-state index < -0.39 is 0 Å². The Balaban J connectivity index is 0.00000432. The summed E-state index contributed by atoms with van der Waals surface area (Å²) in [6.45, 7) is 20.4. The maximum Gasteiger partial charge on any atom is 2.00 e. The van der Waals surface area contributed by atoms with Crippen LogP contribution < -0.4 is 4.98 Å². The number of para-hydroxylation sites is 2. The van der Waals surface area contributed by atoms with Gasteiger partial charge in [-0.05, 0) is 66.5 Å². The summed E-state index contributed by atoms with van der Waals surface area (Å²) in [6, 6.07) is 40.6. The van der Waals surface area contributed by atoms with Gasteiger partial charge in [-0.25, -0.2) is 0 Å². The van der Waals surface area contributed by atoms with Crippen molar-refractivity contribution in [2.24, 2.45) is 0 Å². The molecule has 0 radical (unpaired) electrons. The molecule has 0 saturated carbocycles. The number of benzene rings is 4. The predicted octanol–water partition coefficient (Wildman–Crippen LogP) is 12.1. The minimum Gasteiger partial charge on any atom is -0.656 e. The van der Waals surface area contributed by atoms with Crippen LogP contribution in [-0.2, 0) is 37.3 Å². The van der Waals surface area contributed by atoms with E-state index in [0.29, 0.717) is 0 Å². The molecule has 0 aliphatic carbocycles. The van der Waals surface area contributed by atoms with E-state index in [0.717, 1.165) is 61.1 Å². The second-order valence-electron chi connectivity index (χ2n) is 16.4. The molecule has 0 fully saturated rings. The van der Waals surface area contributed by atoms with E-state index in [1.54, 1.807) is 0 Å². The van der Waals surface area contributed by atoms with E-state index in [1.807, 2.05) is 12.3 Å². The van der Waals surface area contributed by atoms with Crippen molar-refractivity contribution in [1.82, 2.24) is 15.0 Å². The normalized spacial score (nSPS) is 12.3. The van der Waals surface area contributed by atoms with Gasteiger partial charge in [0.05, 0.1) is 5.69 Å². The molecule has 7 aromatic rings. The standard InChI is InChI=1S/C46H45N3.Pt/c1-44(2,3)33-20-21-39(47-28-33)29-14-12-15-30(22-29)41-25-32(31-23-34(45(4,5)6)27-35(24-31)46(7,8)9)26-42(48-41)38-18-13-17-37-36-16-10-11-19-40(36)49-43(37)38;/h10-21,23-28H,1-9H3;/q-2;+2. The fraction of sp³-hybridized carbons (Fsp3) is 0.261. The molecule has 0 atom stereocenters. The van der Waals surface area contributed by atoms with Crippen LogP contribution in [0.1, 0.15) is 79.0 Å². The maximum atomic E-state index is 5.35. The second-order valence-corrected chi connectivity index (χ2v) is 16.4. The topological polar surface area (TPSA) is 39.9 Å². The summed E-state index contributed by atoms with van der Waals surface area (Å²) in [6.07, 6.45) is 1.99. The molecule has 0 aliphatic heterocycles. The minimum atomic E-state index is -0.00272. The van der Waals surface area contributed by atoms with E-state index in [1.165, 1.54) is 22.3 Å². The summed E-state index contributed by atoms with van der Waals surface area (Å²) < 4.78 is 0. The van der Waals surface area contributed by atoms with Gasteiger partial charge >= 0.3 is 21.1 Å². The Morgan fingerprint density at radius 3 is 1.74 bits per heavy atom. The molecule has 3 nitrogen and oxygen atoms in total. The van der Waals surface area contributed by atoms with Gasteiger partial charge in [-0.3, -0.25) is 9.97 Å². The first-order valence-electron chi connectivity index (χ1n) is 17.3. The van der Waals surface area contributed by atoms with E-state index >= 15 is 0 Å². The van der Waals surface area contributed by atoms with Crippen LogP contribution in [0, 0.1) is 6.07 Å². The molecule has 254 valence electrons. The molecule has 7 rings (SSSR count). The third kappa shape index (κ3) is 6.99. The average Bonchev–Trinajstić information content (AvgIpc) is 3.46. The van der Waals surface area contributed by atoms with Crippen LogP contribution in [0.3, 0.4) is 0 Å². The Morgan fingerprint density at radius 2 is 1.10 bits per heavy atom. The largest absolute Gasteiger partial charge is 2.00 e. The molecular weight excluding hydrogens is 790 g/mol. The van der Waals surface area contributed by atoms with Crippen molar-refractivity contribution in [3.05, 3.63) is 132 Å². The molecule has 0 bridgehead atoms. The van der Waals surface area contributed by atoms with E-state index in [4.69, 9.17) is 15.0 Å². The zero-order valence-corrected chi connectivity index (χ0v) is 32.8. The Bertz CT molecular complexity index is 2290. The van der Waals surface area contributed by atoms with Gasteiger partial charge in [0.1, 0.15) is 0 Å². The molecule has 0 unspecified atom stereocenters. The number of nitrogens with zero attached hydrogens (tertiary/aromatic N) is 3. The zero-order valence-electron chi connectivity index (χ0n) is 30.6. The fourth-order valence-electron chi connectivity index (χ4n) is 6.41. The van der Waals surface area contributed by atoms with Crippen molar-refractivity contribution in [3.8, 4) is 44.9 Å². The minimum absolute atomic E-state index is 0. The molecule has 4 aromatic carbocycles. The summed E-state index contributed by atoms with van der Waals surface area (Å²) in [5, 5.41) is 2.30. The summed E-state index contributed by atoms with van der Waals surface area (Å²) >= 11 is 0. The Hall–Kier alpha value is -4.33. The summed E-state index contributed by atoms with van der Waals surface area (Å²) in [4.78, 5) is 15.3. The third-order valence-corrected chi connectivity index (χ3v) is 9.54. The first-order valence-corrected chi connectivity index (χ1v) is 17.3. The third-order valence-electron chi connectivity index (χ3n) is 9.54. The van der Waals surface area contributed by atoms with Crippen LogP contribution in [0.2, 0.25) is 0 Å². The number of rotatable bonds is 4. The fourth-order valence-corrected chi connectivity index (χ4v) is 6.41. The number of fused-ring (bicyclic) bond motifs is 3. The van der Waals surface area contributed by atoms with Gasteiger partial charge in [0.15, 0.2) is 0 Å². The average molecular weight is 835 g/mol. The van der Waals surface area contributed by atoms with Gasteiger partial charge in [-0.2, -0.15) is 0 Å². The Kier molecular flexibility index (Phi) is 9.29. The summed E-state index contributed by atoms with van der Waals surface area (Å²) in [5.74, 6) is 0. The number of aromatic nitrogens is 3. The number of hydrogen-bond donors (Lipinski definition) is 0. The van der Waals surface area contributed by atoms with Crippen molar-refractivity contribution >= 4 is 21.8 Å². The van der Waals surface area contributed by atoms with Gasteiger partial charge in [-0.1, -0.05) is 152 Å². The van der Waals surface area contributed by atoms with Gasteiger partial charge in [-0.15, -0.1) is 35.3 Å². The molecule has 3 aromatic heterocycles. The molecule has 0 aliphatic rings. The molecule has 4 heteroatoms. The van der Waals surface area contributed by atoms with E-state index in [-0.39, 0.29) is 37.3 Å². The molecule has 3 heterocycles. The molecule has 0 amide bonds. The van der Waals surface area contributed by atoms with Crippen LogP contribution in [0.4, 0.5) is 0 Å². The smallest absolute Gasteiger partial charge is 0.656 e. The predicted molar refractivity (Wildman–Crippen MR) is 207 cm³/mol. The van der Waals surface area contributed by atoms with E-state index in [9.17, 15) is 0 Å². The second kappa shape index (κ2) is 13.1. The first kappa shape index (κ1) is 35.5. The first-order chi connectivity index (χ1) is 23.1.